The molecule has 0 aliphatic rings. The van der Waals surface area contributed by atoms with Crippen LogP contribution in [0.2, 0.25) is 5.02 Å². The average Bonchev–Trinajstić information content (AvgIpc) is 2.74. The number of carbonyl (C=O) groups is 1. The van der Waals surface area contributed by atoms with Crippen LogP contribution in [-0.2, 0) is 5.75 Å². The fourth-order valence-corrected chi connectivity index (χ4v) is 3.42. The summed E-state index contributed by atoms with van der Waals surface area (Å²) in [5.74, 6) is 0.371. The molecule has 0 bridgehead atoms. The summed E-state index contributed by atoms with van der Waals surface area (Å²) < 4.78 is 0. The van der Waals surface area contributed by atoms with E-state index < -0.39 is 10.8 Å². The number of rotatable bonds is 7. The Bertz CT molecular complexity index is 1040. The molecular weight excluding hydrogens is 410 g/mol. The minimum atomic E-state index is -0.496. The molecule has 6 nitrogen and oxygen atoms in total. The first-order valence-corrected chi connectivity index (χ1v) is 9.93. The molecule has 146 valence electrons. The monoisotopic (exact) mass is 425 g/mol. The van der Waals surface area contributed by atoms with E-state index in [0.29, 0.717) is 16.1 Å². The number of nitrogens with one attached hydrogen (secondary N) is 1. The Balaban J connectivity index is 1.56. The lowest BCUT2D eigenvalue weighted by atomic mass is 10.1. The highest BCUT2D eigenvalue weighted by Crippen LogP contribution is 2.24. The van der Waals surface area contributed by atoms with Crippen molar-refractivity contribution in [3.05, 3.63) is 105 Å². The summed E-state index contributed by atoms with van der Waals surface area (Å²) in [5, 5.41) is 15.5. The van der Waals surface area contributed by atoms with Gasteiger partial charge >= 0.3 is 0 Å². The third-order valence-corrected chi connectivity index (χ3v) is 5.27. The topological polar surface area (TPSA) is 84.6 Å². The number of para-hydroxylation sites is 1. The van der Waals surface area contributed by atoms with Gasteiger partial charge in [-0.1, -0.05) is 35.9 Å². The van der Waals surface area contributed by atoms with E-state index in [2.05, 4.69) is 10.5 Å². The Kier molecular flexibility index (Phi) is 6.99. The second-order valence-corrected chi connectivity index (χ2v) is 7.44. The van der Waals surface area contributed by atoms with Gasteiger partial charge in [-0.2, -0.15) is 5.10 Å². The normalized spacial score (nSPS) is 10.8. The predicted octanol–water partition coefficient (Wildman–Crippen LogP) is 5.30. The summed E-state index contributed by atoms with van der Waals surface area (Å²) in [7, 11) is 0. The minimum Gasteiger partial charge on any atom is -0.267 e. The van der Waals surface area contributed by atoms with E-state index in [4.69, 9.17) is 11.6 Å². The lowest BCUT2D eigenvalue weighted by Gasteiger charge is -2.04. The van der Waals surface area contributed by atoms with Crippen molar-refractivity contribution >= 4 is 41.2 Å². The molecule has 1 amide bonds. The molecule has 0 spiro atoms. The summed E-state index contributed by atoms with van der Waals surface area (Å²) in [6.45, 7) is 0. The quantitative estimate of drug-likeness (QED) is 0.241. The van der Waals surface area contributed by atoms with Gasteiger partial charge in [0.05, 0.1) is 16.7 Å². The molecule has 0 atom stereocenters. The maximum atomic E-state index is 12.2. The summed E-state index contributed by atoms with van der Waals surface area (Å²) >= 11 is 7.56. The van der Waals surface area contributed by atoms with Gasteiger partial charge in [-0.05, 0) is 48.0 Å². The Hall–Kier alpha value is -3.16. The van der Waals surface area contributed by atoms with Crippen molar-refractivity contribution in [3.63, 3.8) is 0 Å². The van der Waals surface area contributed by atoms with Crippen LogP contribution in [0.15, 0.2) is 82.8 Å². The van der Waals surface area contributed by atoms with Crippen LogP contribution in [0.5, 0.6) is 0 Å². The number of thioether (sulfide) groups is 1. The van der Waals surface area contributed by atoms with Crippen LogP contribution in [0.25, 0.3) is 0 Å². The van der Waals surface area contributed by atoms with Crippen molar-refractivity contribution in [2.75, 3.05) is 0 Å². The van der Waals surface area contributed by atoms with Crippen molar-refractivity contribution in [3.8, 4) is 0 Å². The van der Waals surface area contributed by atoms with Gasteiger partial charge in [-0.3, -0.25) is 14.9 Å². The molecule has 3 aromatic carbocycles. The van der Waals surface area contributed by atoms with Gasteiger partial charge in [-0.15, -0.1) is 11.8 Å². The molecule has 0 unspecified atom stereocenters. The van der Waals surface area contributed by atoms with E-state index in [1.165, 1.54) is 12.3 Å². The first-order valence-electron chi connectivity index (χ1n) is 8.57. The number of nitro benzene ring substituents is 1. The number of hydrogen-bond donors (Lipinski definition) is 1. The molecule has 1 N–H and O–H groups in total. The second kappa shape index (κ2) is 9.86. The van der Waals surface area contributed by atoms with Crippen LogP contribution in [-0.4, -0.2) is 17.0 Å². The molecule has 0 saturated heterocycles. The first kappa shape index (κ1) is 20.6. The standard InChI is InChI=1S/C21H16ClN3O3S/c22-18-9-11-19(12-10-18)29-14-15-5-7-16(8-6-15)21(26)24-23-13-17-3-1-2-4-20(17)25(27)28/h1-13H,14H2,(H,24,26)/b23-13+. The number of hydrogen-bond acceptors (Lipinski definition) is 5. The number of amides is 1. The highest BCUT2D eigenvalue weighted by atomic mass is 35.5. The molecular formula is C21H16ClN3O3S. The smallest absolute Gasteiger partial charge is 0.267 e. The summed E-state index contributed by atoms with van der Waals surface area (Å²) in [4.78, 5) is 23.8. The molecule has 0 fully saturated rings. The molecule has 0 radical (unpaired) electrons. The molecule has 0 aliphatic heterocycles. The van der Waals surface area contributed by atoms with Crippen LogP contribution >= 0.6 is 23.4 Å². The lowest BCUT2D eigenvalue weighted by molar-refractivity contribution is -0.385. The number of nitrogens with zero attached hydrogens (tertiary/aromatic N) is 2. The van der Waals surface area contributed by atoms with Gasteiger partial charge in [0.25, 0.3) is 11.6 Å². The number of nitro groups is 1. The van der Waals surface area contributed by atoms with E-state index in [9.17, 15) is 14.9 Å². The fraction of sp³-hybridized carbons (Fsp3) is 0.0476. The van der Waals surface area contributed by atoms with Gasteiger partial charge < -0.3 is 0 Å². The molecule has 0 heterocycles. The highest BCUT2D eigenvalue weighted by molar-refractivity contribution is 7.98. The van der Waals surface area contributed by atoms with Crippen molar-refractivity contribution in [1.29, 1.82) is 0 Å². The number of hydrazone groups is 1. The fourth-order valence-electron chi connectivity index (χ4n) is 2.44. The van der Waals surface area contributed by atoms with E-state index >= 15 is 0 Å². The lowest BCUT2D eigenvalue weighted by Crippen LogP contribution is -2.17. The van der Waals surface area contributed by atoms with Crippen LogP contribution in [0.4, 0.5) is 5.69 Å². The Morgan fingerprint density at radius 3 is 2.45 bits per heavy atom. The molecule has 0 saturated carbocycles. The Morgan fingerprint density at radius 1 is 1.07 bits per heavy atom. The molecule has 29 heavy (non-hydrogen) atoms. The third kappa shape index (κ3) is 5.91. The van der Waals surface area contributed by atoms with E-state index in [1.807, 2.05) is 36.4 Å². The Morgan fingerprint density at radius 2 is 1.76 bits per heavy atom. The van der Waals surface area contributed by atoms with E-state index in [1.54, 1.807) is 42.1 Å². The van der Waals surface area contributed by atoms with Gasteiger partial charge in [0.15, 0.2) is 0 Å². The maximum Gasteiger partial charge on any atom is 0.278 e. The Labute approximate surface area is 176 Å². The maximum absolute atomic E-state index is 12.2. The van der Waals surface area contributed by atoms with Gasteiger partial charge in [0.1, 0.15) is 0 Å². The molecule has 3 rings (SSSR count). The van der Waals surface area contributed by atoms with Crippen molar-refractivity contribution < 1.29 is 9.72 Å². The SMILES string of the molecule is O=C(N/N=C/c1ccccc1[N+](=O)[O-])c1ccc(CSc2ccc(Cl)cc2)cc1. The first-order chi connectivity index (χ1) is 14.0. The number of benzene rings is 3. The van der Waals surface area contributed by atoms with Gasteiger partial charge in [0, 0.05) is 27.3 Å². The molecule has 0 aromatic heterocycles. The molecule has 0 aliphatic carbocycles. The highest BCUT2D eigenvalue weighted by Gasteiger charge is 2.10. The number of carbonyl (C=O) groups excluding carboxylic acids is 1. The van der Waals surface area contributed by atoms with E-state index in [0.717, 1.165) is 16.2 Å². The van der Waals surface area contributed by atoms with Crippen LogP contribution < -0.4 is 5.43 Å². The van der Waals surface area contributed by atoms with Gasteiger partial charge in [-0.25, -0.2) is 5.43 Å². The zero-order valence-corrected chi connectivity index (χ0v) is 16.7. The van der Waals surface area contributed by atoms with Crippen LogP contribution in [0, 0.1) is 10.1 Å². The largest absolute Gasteiger partial charge is 0.278 e. The van der Waals surface area contributed by atoms with Crippen molar-refractivity contribution in [2.45, 2.75) is 10.6 Å². The summed E-state index contributed by atoms with van der Waals surface area (Å²) in [6, 6.07) is 21.0. The van der Waals surface area contributed by atoms with Crippen LogP contribution in [0.3, 0.4) is 0 Å². The van der Waals surface area contributed by atoms with Crippen molar-refractivity contribution in [1.82, 2.24) is 5.43 Å². The summed E-state index contributed by atoms with van der Waals surface area (Å²) in [5.41, 5.74) is 4.15. The van der Waals surface area contributed by atoms with Crippen LogP contribution in [0.1, 0.15) is 21.5 Å². The molecule has 8 heteroatoms. The molecule has 3 aromatic rings. The van der Waals surface area contributed by atoms with Gasteiger partial charge in [0.2, 0.25) is 0 Å². The second-order valence-electron chi connectivity index (χ2n) is 5.95. The van der Waals surface area contributed by atoms with Crippen molar-refractivity contribution in [2.24, 2.45) is 5.10 Å². The minimum absolute atomic E-state index is 0.0759. The zero-order chi connectivity index (χ0) is 20.6. The predicted molar refractivity (Wildman–Crippen MR) is 116 cm³/mol. The summed E-state index contributed by atoms with van der Waals surface area (Å²) in [6.07, 6.45) is 1.26. The zero-order valence-electron chi connectivity index (χ0n) is 15.1. The average molecular weight is 426 g/mol. The van der Waals surface area contributed by atoms with E-state index in [-0.39, 0.29) is 5.69 Å². The third-order valence-electron chi connectivity index (χ3n) is 3.94. The number of halogens is 1.